The van der Waals surface area contributed by atoms with Crippen molar-refractivity contribution < 1.29 is 4.79 Å². The number of likely N-dealkylation sites (tertiary alicyclic amines) is 1. The number of amides is 1. The Morgan fingerprint density at radius 2 is 1.96 bits per heavy atom. The first kappa shape index (κ1) is 24.1. The van der Waals surface area contributed by atoms with E-state index in [-0.39, 0.29) is 36.6 Å². The Morgan fingerprint density at radius 3 is 2.59 bits per heavy atom. The summed E-state index contributed by atoms with van der Waals surface area (Å²) in [6.45, 7) is 3.88. The Bertz CT molecular complexity index is 616. The summed E-state index contributed by atoms with van der Waals surface area (Å²) in [5.41, 5.74) is 5.73. The van der Waals surface area contributed by atoms with Crippen molar-refractivity contribution in [1.29, 1.82) is 0 Å². The summed E-state index contributed by atoms with van der Waals surface area (Å²) in [6.07, 6.45) is 3.45. The highest BCUT2D eigenvalue weighted by atomic mass is 35.5. The van der Waals surface area contributed by atoms with Crippen LogP contribution in [-0.2, 0) is 18.4 Å². The zero-order chi connectivity index (χ0) is 18.0. The number of nitrogens with one attached hydrogen (secondary N) is 1. The molecular formula is C17H33Cl2N7O. The maximum atomic E-state index is 13.0. The molecule has 0 saturated carbocycles. The van der Waals surface area contributed by atoms with Crippen LogP contribution in [0.25, 0.3) is 0 Å². The van der Waals surface area contributed by atoms with Crippen LogP contribution in [0.5, 0.6) is 0 Å². The first-order valence-electron chi connectivity index (χ1n) is 9.22. The highest BCUT2D eigenvalue weighted by Gasteiger charge is 2.40. The fraction of sp³-hybridized carbons (Fsp3) is 0.824. The third-order valence-corrected chi connectivity index (χ3v) is 5.45. The van der Waals surface area contributed by atoms with Crippen LogP contribution in [0.4, 0.5) is 0 Å². The molecule has 0 bridgehead atoms. The third kappa shape index (κ3) is 5.32. The smallest absolute Gasteiger partial charge is 0.242 e. The highest BCUT2D eigenvalue weighted by Crippen LogP contribution is 2.28. The molecule has 3 heterocycles. The Morgan fingerprint density at radius 1 is 1.30 bits per heavy atom. The van der Waals surface area contributed by atoms with Gasteiger partial charge in [0.15, 0.2) is 0 Å². The zero-order valence-corrected chi connectivity index (χ0v) is 18.1. The van der Waals surface area contributed by atoms with Gasteiger partial charge in [0.2, 0.25) is 5.91 Å². The Hall–Kier alpha value is -0.930. The highest BCUT2D eigenvalue weighted by molar-refractivity contribution is 5.86. The summed E-state index contributed by atoms with van der Waals surface area (Å²) in [6, 6.07) is 0. The first-order chi connectivity index (χ1) is 11.9. The molecule has 3 N–H and O–H groups in total. The molecule has 10 heteroatoms. The van der Waals surface area contributed by atoms with E-state index in [4.69, 9.17) is 5.73 Å². The molecule has 0 aliphatic carbocycles. The van der Waals surface area contributed by atoms with Crippen molar-refractivity contribution in [2.24, 2.45) is 12.8 Å². The number of carbonyl (C=O) groups is 1. The number of hydrogen-bond acceptors (Lipinski definition) is 6. The van der Waals surface area contributed by atoms with Gasteiger partial charge in [-0.05, 0) is 52.9 Å². The minimum atomic E-state index is -0.705. The van der Waals surface area contributed by atoms with Gasteiger partial charge in [-0.1, -0.05) is 0 Å². The van der Waals surface area contributed by atoms with Crippen molar-refractivity contribution in [3.8, 4) is 0 Å². The predicted molar refractivity (Wildman–Crippen MR) is 110 cm³/mol. The molecule has 1 amide bonds. The van der Waals surface area contributed by atoms with Gasteiger partial charge >= 0.3 is 0 Å². The van der Waals surface area contributed by atoms with Crippen LogP contribution in [0.15, 0.2) is 0 Å². The quantitative estimate of drug-likeness (QED) is 0.735. The van der Waals surface area contributed by atoms with E-state index in [1.165, 1.54) is 0 Å². The second kappa shape index (κ2) is 10.0. The number of nitrogens with two attached hydrogens (primary N) is 1. The Kier molecular flexibility index (Phi) is 8.95. The third-order valence-electron chi connectivity index (χ3n) is 5.45. The molecule has 2 aliphatic heterocycles. The van der Waals surface area contributed by atoms with Gasteiger partial charge < -0.3 is 25.4 Å². The molecule has 27 heavy (non-hydrogen) atoms. The van der Waals surface area contributed by atoms with E-state index in [1.807, 2.05) is 26.0 Å². The number of piperidine rings is 2. The molecule has 2 saturated heterocycles. The number of halogens is 2. The Balaban J connectivity index is 0.00000182. The number of rotatable bonds is 4. The second-order valence-electron chi connectivity index (χ2n) is 7.77. The summed E-state index contributed by atoms with van der Waals surface area (Å²) in [7, 11) is 6.07. The first-order valence-corrected chi connectivity index (χ1v) is 9.22. The fourth-order valence-corrected chi connectivity index (χ4v) is 3.93. The largest absolute Gasteiger partial charge is 0.340 e. The standard InChI is InChI=1S/C17H31N7O.2ClH/c1-22(2)12-14-20-21-15(23(14)3)13-5-4-10-24(11-13)16(25)17(18)6-8-19-9-7-17;;/h13,19H,4-12,18H2,1-3H3;2*1H. The van der Waals surface area contributed by atoms with Crippen molar-refractivity contribution in [3.63, 3.8) is 0 Å². The van der Waals surface area contributed by atoms with E-state index in [0.29, 0.717) is 19.4 Å². The van der Waals surface area contributed by atoms with Crippen molar-refractivity contribution in [2.45, 2.75) is 43.7 Å². The SMILES string of the molecule is CN(C)Cc1nnc(C2CCCN(C(=O)C3(N)CCNCC3)C2)n1C.Cl.Cl. The molecule has 8 nitrogen and oxygen atoms in total. The van der Waals surface area contributed by atoms with Crippen LogP contribution in [-0.4, -0.2) is 76.3 Å². The molecule has 0 aromatic carbocycles. The predicted octanol–water partition coefficient (Wildman–Crippen LogP) is 0.507. The molecule has 1 atom stereocenters. The summed E-state index contributed by atoms with van der Waals surface area (Å²) in [5.74, 6) is 2.27. The van der Waals surface area contributed by atoms with E-state index in [9.17, 15) is 4.79 Å². The van der Waals surface area contributed by atoms with Gasteiger partial charge in [-0.25, -0.2) is 0 Å². The molecule has 1 unspecified atom stereocenters. The lowest BCUT2D eigenvalue weighted by molar-refractivity contribution is -0.139. The minimum Gasteiger partial charge on any atom is -0.340 e. The van der Waals surface area contributed by atoms with Gasteiger partial charge in [0.1, 0.15) is 11.6 Å². The molecule has 156 valence electrons. The van der Waals surface area contributed by atoms with Crippen LogP contribution in [0.3, 0.4) is 0 Å². The molecule has 1 aromatic rings. The van der Waals surface area contributed by atoms with Crippen LogP contribution in [0.1, 0.15) is 43.3 Å². The van der Waals surface area contributed by atoms with E-state index < -0.39 is 5.54 Å². The van der Waals surface area contributed by atoms with Crippen molar-refractivity contribution in [3.05, 3.63) is 11.6 Å². The van der Waals surface area contributed by atoms with Crippen LogP contribution < -0.4 is 11.1 Å². The van der Waals surface area contributed by atoms with E-state index >= 15 is 0 Å². The lowest BCUT2D eigenvalue weighted by Crippen LogP contribution is -2.61. The summed E-state index contributed by atoms with van der Waals surface area (Å²) >= 11 is 0. The van der Waals surface area contributed by atoms with Gasteiger partial charge in [0.05, 0.1) is 12.1 Å². The van der Waals surface area contributed by atoms with Gasteiger partial charge in [-0.15, -0.1) is 35.0 Å². The number of nitrogens with zero attached hydrogens (tertiary/aromatic N) is 5. The number of carbonyl (C=O) groups excluding carboxylic acids is 1. The molecule has 1 aromatic heterocycles. The van der Waals surface area contributed by atoms with E-state index in [0.717, 1.165) is 50.7 Å². The molecule has 2 aliphatic rings. The van der Waals surface area contributed by atoms with Gasteiger partial charge in [0.25, 0.3) is 0 Å². The molecule has 0 spiro atoms. The van der Waals surface area contributed by atoms with Gasteiger partial charge in [-0.2, -0.15) is 0 Å². The fourth-order valence-electron chi connectivity index (χ4n) is 3.93. The molecular weight excluding hydrogens is 389 g/mol. The maximum Gasteiger partial charge on any atom is 0.242 e. The molecule has 0 radical (unpaired) electrons. The summed E-state index contributed by atoms with van der Waals surface area (Å²) < 4.78 is 2.08. The van der Waals surface area contributed by atoms with Gasteiger partial charge in [0, 0.05) is 26.1 Å². The lowest BCUT2D eigenvalue weighted by Gasteiger charge is -2.40. The average molecular weight is 422 g/mol. The normalized spacial score (nSPS) is 22.1. The average Bonchev–Trinajstić information content (AvgIpc) is 2.95. The van der Waals surface area contributed by atoms with Crippen LogP contribution in [0, 0.1) is 0 Å². The van der Waals surface area contributed by atoms with Crippen LogP contribution in [0.2, 0.25) is 0 Å². The van der Waals surface area contributed by atoms with E-state index in [2.05, 4.69) is 25.0 Å². The topological polar surface area (TPSA) is 92.3 Å². The molecule has 3 rings (SSSR count). The van der Waals surface area contributed by atoms with Crippen LogP contribution >= 0.6 is 24.8 Å². The van der Waals surface area contributed by atoms with Gasteiger partial charge in [-0.3, -0.25) is 4.79 Å². The second-order valence-corrected chi connectivity index (χ2v) is 7.77. The number of hydrogen-bond donors (Lipinski definition) is 2. The zero-order valence-electron chi connectivity index (χ0n) is 16.5. The Labute approximate surface area is 174 Å². The van der Waals surface area contributed by atoms with Crippen molar-refractivity contribution in [2.75, 3.05) is 40.3 Å². The summed E-state index contributed by atoms with van der Waals surface area (Å²) in [5, 5.41) is 12.0. The minimum absolute atomic E-state index is 0. The molecule has 2 fully saturated rings. The summed E-state index contributed by atoms with van der Waals surface area (Å²) in [4.78, 5) is 17.1. The van der Waals surface area contributed by atoms with Crippen molar-refractivity contribution >= 4 is 30.7 Å². The number of aromatic nitrogens is 3. The monoisotopic (exact) mass is 421 g/mol. The van der Waals surface area contributed by atoms with E-state index in [1.54, 1.807) is 0 Å². The maximum absolute atomic E-state index is 13.0. The lowest BCUT2D eigenvalue weighted by atomic mass is 9.86. The van der Waals surface area contributed by atoms with Crippen molar-refractivity contribution in [1.82, 2.24) is 29.9 Å².